The van der Waals surface area contributed by atoms with Crippen molar-refractivity contribution in [3.8, 4) is 0 Å². The van der Waals surface area contributed by atoms with E-state index in [1.54, 1.807) is 6.92 Å². The molecule has 0 aliphatic heterocycles. The van der Waals surface area contributed by atoms with E-state index in [0.717, 1.165) is 12.4 Å². The normalized spacial score (nSPS) is 18.9. The molecule has 0 aromatic carbocycles. The minimum Gasteiger partial charge on any atom is -0.340 e. The van der Waals surface area contributed by atoms with Crippen molar-refractivity contribution < 1.29 is 4.52 Å². The van der Waals surface area contributed by atoms with E-state index in [4.69, 9.17) is 4.52 Å². The van der Waals surface area contributed by atoms with Crippen molar-refractivity contribution in [1.82, 2.24) is 15.5 Å². The third-order valence-corrected chi connectivity index (χ3v) is 2.51. The van der Waals surface area contributed by atoms with Crippen LogP contribution < -0.4 is 5.32 Å². The summed E-state index contributed by atoms with van der Waals surface area (Å²) in [7, 11) is 0. The Hall–Kier alpha value is -0.900. The van der Waals surface area contributed by atoms with Crippen LogP contribution in [0.15, 0.2) is 4.52 Å². The van der Waals surface area contributed by atoms with Crippen molar-refractivity contribution in [1.29, 1.82) is 0 Å². The lowest BCUT2D eigenvalue weighted by Gasteiger charge is -2.07. The van der Waals surface area contributed by atoms with Crippen LogP contribution >= 0.6 is 0 Å². The summed E-state index contributed by atoms with van der Waals surface area (Å²) in [5.74, 6) is 1.39. The molecule has 0 atom stereocenters. The zero-order chi connectivity index (χ0) is 9.31. The van der Waals surface area contributed by atoms with Crippen LogP contribution in [0.5, 0.6) is 0 Å². The standard InChI is InChI=1S/C9H15N3O/c1-7-11-8(12-13-7)5-10-6-9(2)3-4-9/h10H,3-6H2,1-2H3. The van der Waals surface area contributed by atoms with Gasteiger partial charge in [-0.3, -0.25) is 0 Å². The minimum absolute atomic E-state index is 0.540. The monoisotopic (exact) mass is 181 g/mol. The first-order valence-corrected chi connectivity index (χ1v) is 4.68. The molecular weight excluding hydrogens is 166 g/mol. The van der Waals surface area contributed by atoms with E-state index >= 15 is 0 Å². The lowest BCUT2D eigenvalue weighted by molar-refractivity contribution is 0.383. The third-order valence-electron chi connectivity index (χ3n) is 2.51. The van der Waals surface area contributed by atoms with Gasteiger partial charge in [0.2, 0.25) is 5.89 Å². The summed E-state index contributed by atoms with van der Waals surface area (Å²) >= 11 is 0. The molecule has 1 fully saturated rings. The Morgan fingerprint density at radius 3 is 2.85 bits per heavy atom. The van der Waals surface area contributed by atoms with Gasteiger partial charge in [0.1, 0.15) is 0 Å². The molecule has 4 heteroatoms. The lowest BCUT2D eigenvalue weighted by Crippen LogP contribution is -2.22. The maximum atomic E-state index is 4.86. The highest BCUT2D eigenvalue weighted by Crippen LogP contribution is 2.43. The maximum absolute atomic E-state index is 4.86. The van der Waals surface area contributed by atoms with Crippen molar-refractivity contribution in [2.24, 2.45) is 5.41 Å². The van der Waals surface area contributed by atoms with Crippen LogP contribution in [0, 0.1) is 12.3 Å². The van der Waals surface area contributed by atoms with Gasteiger partial charge in [0, 0.05) is 13.5 Å². The summed E-state index contributed by atoms with van der Waals surface area (Å²) in [5.41, 5.74) is 0.540. The van der Waals surface area contributed by atoms with Gasteiger partial charge in [-0.05, 0) is 18.3 Å². The summed E-state index contributed by atoms with van der Waals surface area (Å²) < 4.78 is 4.86. The molecule has 72 valence electrons. The summed E-state index contributed by atoms with van der Waals surface area (Å²) in [6.45, 7) is 5.87. The van der Waals surface area contributed by atoms with E-state index in [2.05, 4.69) is 22.4 Å². The maximum Gasteiger partial charge on any atom is 0.223 e. The molecule has 0 spiro atoms. The van der Waals surface area contributed by atoms with Gasteiger partial charge in [-0.25, -0.2) is 0 Å². The fourth-order valence-corrected chi connectivity index (χ4v) is 1.28. The number of aryl methyl sites for hydroxylation is 1. The van der Waals surface area contributed by atoms with Crippen LogP contribution in [0.1, 0.15) is 31.5 Å². The van der Waals surface area contributed by atoms with E-state index in [-0.39, 0.29) is 0 Å². The molecule has 0 saturated heterocycles. The zero-order valence-electron chi connectivity index (χ0n) is 8.13. The summed E-state index contributed by atoms with van der Waals surface area (Å²) in [4.78, 5) is 4.11. The predicted octanol–water partition coefficient (Wildman–Crippen LogP) is 1.27. The molecule has 0 bridgehead atoms. The predicted molar refractivity (Wildman–Crippen MR) is 48.1 cm³/mol. The smallest absolute Gasteiger partial charge is 0.223 e. The quantitative estimate of drug-likeness (QED) is 0.760. The van der Waals surface area contributed by atoms with Crippen molar-refractivity contribution >= 4 is 0 Å². The molecule has 1 heterocycles. The third kappa shape index (κ3) is 2.28. The number of rotatable bonds is 4. The van der Waals surface area contributed by atoms with Crippen LogP contribution in [0.4, 0.5) is 0 Å². The molecule has 2 rings (SSSR count). The van der Waals surface area contributed by atoms with Gasteiger partial charge < -0.3 is 9.84 Å². The second-order valence-corrected chi connectivity index (χ2v) is 4.14. The van der Waals surface area contributed by atoms with Crippen molar-refractivity contribution in [2.45, 2.75) is 33.2 Å². The topological polar surface area (TPSA) is 51.0 Å². The fourth-order valence-electron chi connectivity index (χ4n) is 1.28. The molecule has 13 heavy (non-hydrogen) atoms. The Morgan fingerprint density at radius 1 is 1.54 bits per heavy atom. The highest BCUT2D eigenvalue weighted by atomic mass is 16.5. The van der Waals surface area contributed by atoms with Crippen molar-refractivity contribution in [3.63, 3.8) is 0 Å². The van der Waals surface area contributed by atoms with Crippen LogP contribution in [0.3, 0.4) is 0 Å². The Bertz CT molecular complexity index is 291. The Balaban J connectivity index is 1.73. The molecule has 0 amide bonds. The average Bonchev–Trinajstić information content (AvgIpc) is 2.65. The summed E-state index contributed by atoms with van der Waals surface area (Å²) in [6, 6.07) is 0. The zero-order valence-corrected chi connectivity index (χ0v) is 8.13. The molecular formula is C9H15N3O. The van der Waals surface area contributed by atoms with Crippen LogP contribution in [-0.4, -0.2) is 16.7 Å². The van der Waals surface area contributed by atoms with Gasteiger partial charge in [-0.15, -0.1) is 0 Å². The van der Waals surface area contributed by atoms with E-state index in [1.165, 1.54) is 12.8 Å². The Kier molecular flexibility index (Phi) is 2.07. The molecule has 4 nitrogen and oxygen atoms in total. The molecule has 1 aliphatic carbocycles. The fraction of sp³-hybridized carbons (Fsp3) is 0.778. The van der Waals surface area contributed by atoms with Gasteiger partial charge in [0.15, 0.2) is 5.82 Å². The largest absolute Gasteiger partial charge is 0.340 e. The van der Waals surface area contributed by atoms with Gasteiger partial charge in [0.05, 0.1) is 6.54 Å². The molecule has 0 radical (unpaired) electrons. The molecule has 0 unspecified atom stereocenters. The van der Waals surface area contributed by atoms with Crippen molar-refractivity contribution in [2.75, 3.05) is 6.54 Å². The van der Waals surface area contributed by atoms with Crippen LogP contribution in [0.2, 0.25) is 0 Å². The summed E-state index contributed by atoms with van der Waals surface area (Å²) in [5, 5.41) is 7.14. The molecule has 1 N–H and O–H groups in total. The van der Waals surface area contributed by atoms with E-state index in [1.807, 2.05) is 0 Å². The van der Waals surface area contributed by atoms with Crippen molar-refractivity contribution in [3.05, 3.63) is 11.7 Å². The van der Waals surface area contributed by atoms with Crippen LogP contribution in [-0.2, 0) is 6.54 Å². The van der Waals surface area contributed by atoms with Gasteiger partial charge in [-0.1, -0.05) is 12.1 Å². The first-order valence-electron chi connectivity index (χ1n) is 4.68. The number of hydrogen-bond donors (Lipinski definition) is 1. The second kappa shape index (κ2) is 3.10. The number of nitrogens with one attached hydrogen (secondary N) is 1. The van der Waals surface area contributed by atoms with E-state index < -0.39 is 0 Å². The first kappa shape index (κ1) is 8.69. The van der Waals surface area contributed by atoms with E-state index in [0.29, 0.717) is 17.9 Å². The lowest BCUT2D eigenvalue weighted by atomic mass is 10.1. The molecule has 1 saturated carbocycles. The molecule has 1 aromatic rings. The van der Waals surface area contributed by atoms with Gasteiger partial charge >= 0.3 is 0 Å². The number of hydrogen-bond acceptors (Lipinski definition) is 4. The van der Waals surface area contributed by atoms with Crippen LogP contribution in [0.25, 0.3) is 0 Å². The summed E-state index contributed by atoms with van der Waals surface area (Å²) in [6.07, 6.45) is 2.68. The average molecular weight is 181 g/mol. The van der Waals surface area contributed by atoms with Gasteiger partial charge in [0.25, 0.3) is 0 Å². The minimum atomic E-state index is 0.540. The number of aromatic nitrogens is 2. The SMILES string of the molecule is Cc1nc(CNCC2(C)CC2)no1. The van der Waals surface area contributed by atoms with Gasteiger partial charge in [-0.2, -0.15) is 4.98 Å². The highest BCUT2D eigenvalue weighted by Gasteiger charge is 2.36. The molecule has 1 aliphatic rings. The van der Waals surface area contributed by atoms with E-state index in [9.17, 15) is 0 Å². The Morgan fingerprint density at radius 2 is 2.31 bits per heavy atom. The molecule has 1 aromatic heterocycles. The first-order chi connectivity index (χ1) is 6.18. The number of nitrogens with zero attached hydrogens (tertiary/aromatic N) is 2. The second-order valence-electron chi connectivity index (χ2n) is 4.14. The highest BCUT2D eigenvalue weighted by molar-refractivity contribution is 4.91. The Labute approximate surface area is 77.7 Å².